The standard InChI is InChI=1S/C18H20N2O2S2/c1-11(2)17(14-8-5-9-23-14)20-16(21)10-15-18(22)19-12-6-3-4-7-13(12)24-15/h3-9,11,15,17H,10H2,1-2H3,(H,19,22)(H,20,21)/t15-,17+/m1/s1. The molecule has 0 fully saturated rings. The third kappa shape index (κ3) is 3.82. The zero-order valence-electron chi connectivity index (χ0n) is 13.6. The van der Waals surface area contributed by atoms with Gasteiger partial charge in [0, 0.05) is 16.2 Å². The molecule has 2 atom stereocenters. The second kappa shape index (κ2) is 7.40. The molecule has 2 N–H and O–H groups in total. The van der Waals surface area contributed by atoms with E-state index < -0.39 is 5.25 Å². The van der Waals surface area contributed by atoms with Crippen molar-refractivity contribution in [2.45, 2.75) is 36.5 Å². The van der Waals surface area contributed by atoms with Crippen molar-refractivity contribution in [2.75, 3.05) is 5.32 Å². The topological polar surface area (TPSA) is 58.2 Å². The Morgan fingerprint density at radius 1 is 1.25 bits per heavy atom. The van der Waals surface area contributed by atoms with Crippen molar-refractivity contribution >= 4 is 40.6 Å². The Morgan fingerprint density at radius 2 is 2.04 bits per heavy atom. The van der Waals surface area contributed by atoms with Gasteiger partial charge in [-0.15, -0.1) is 23.1 Å². The largest absolute Gasteiger partial charge is 0.348 e. The number of hydrogen-bond donors (Lipinski definition) is 2. The molecular formula is C18H20N2O2S2. The molecule has 1 aliphatic rings. The Kier molecular flexibility index (Phi) is 5.26. The highest BCUT2D eigenvalue weighted by molar-refractivity contribution is 8.01. The maximum atomic E-state index is 12.5. The van der Waals surface area contributed by atoms with Crippen LogP contribution in [0.4, 0.5) is 5.69 Å². The summed E-state index contributed by atoms with van der Waals surface area (Å²) in [5, 5.41) is 7.59. The first kappa shape index (κ1) is 17.0. The van der Waals surface area contributed by atoms with Crippen molar-refractivity contribution in [2.24, 2.45) is 5.92 Å². The zero-order valence-corrected chi connectivity index (χ0v) is 15.2. The first-order valence-electron chi connectivity index (χ1n) is 7.94. The fourth-order valence-electron chi connectivity index (χ4n) is 2.66. The number of anilines is 1. The molecule has 0 aliphatic carbocycles. The Balaban J connectivity index is 1.65. The molecule has 1 aromatic heterocycles. The molecule has 0 unspecified atom stereocenters. The Hall–Kier alpha value is -1.79. The molecule has 0 radical (unpaired) electrons. The maximum absolute atomic E-state index is 12.5. The van der Waals surface area contributed by atoms with Gasteiger partial charge in [-0.05, 0) is 29.5 Å². The molecular weight excluding hydrogens is 340 g/mol. The third-order valence-corrected chi connectivity index (χ3v) is 6.14. The van der Waals surface area contributed by atoms with Gasteiger partial charge in [-0.1, -0.05) is 32.0 Å². The molecule has 1 aromatic carbocycles. The molecule has 0 spiro atoms. The Morgan fingerprint density at radius 3 is 2.75 bits per heavy atom. The normalized spacial score (nSPS) is 18.0. The van der Waals surface area contributed by atoms with E-state index in [9.17, 15) is 9.59 Å². The second-order valence-corrected chi connectivity index (χ2v) is 8.32. The van der Waals surface area contributed by atoms with E-state index in [0.717, 1.165) is 15.5 Å². The molecule has 3 rings (SSSR count). The molecule has 2 heterocycles. The highest BCUT2D eigenvalue weighted by Gasteiger charge is 2.30. The fourth-order valence-corrected chi connectivity index (χ4v) is 4.72. The summed E-state index contributed by atoms with van der Waals surface area (Å²) in [5.41, 5.74) is 0.822. The summed E-state index contributed by atoms with van der Waals surface area (Å²) < 4.78 is 0. The van der Waals surface area contributed by atoms with Crippen molar-refractivity contribution in [3.05, 3.63) is 46.7 Å². The lowest BCUT2D eigenvalue weighted by atomic mass is 10.0. The van der Waals surface area contributed by atoms with Crippen molar-refractivity contribution in [3.63, 3.8) is 0 Å². The summed E-state index contributed by atoms with van der Waals surface area (Å²) in [6.07, 6.45) is 0.180. The van der Waals surface area contributed by atoms with Gasteiger partial charge in [-0.2, -0.15) is 0 Å². The lowest BCUT2D eigenvalue weighted by molar-refractivity contribution is -0.124. The Labute approximate surface area is 150 Å². The smallest absolute Gasteiger partial charge is 0.238 e. The monoisotopic (exact) mass is 360 g/mol. The number of thiophene rings is 1. The van der Waals surface area contributed by atoms with E-state index in [4.69, 9.17) is 0 Å². The SMILES string of the molecule is CC(C)[C@H](NC(=O)C[C@H]1Sc2ccccc2NC1=O)c1cccs1. The van der Waals surface area contributed by atoms with Gasteiger partial charge in [0.1, 0.15) is 0 Å². The van der Waals surface area contributed by atoms with Crippen LogP contribution >= 0.6 is 23.1 Å². The van der Waals surface area contributed by atoms with Crippen LogP contribution in [0.1, 0.15) is 31.2 Å². The summed E-state index contributed by atoms with van der Waals surface area (Å²) >= 11 is 3.10. The van der Waals surface area contributed by atoms with Crippen LogP contribution in [0.2, 0.25) is 0 Å². The predicted molar refractivity (Wildman–Crippen MR) is 99.4 cm³/mol. The van der Waals surface area contributed by atoms with E-state index in [-0.39, 0.29) is 24.3 Å². The number of fused-ring (bicyclic) bond motifs is 1. The van der Waals surface area contributed by atoms with Crippen LogP contribution in [0.5, 0.6) is 0 Å². The van der Waals surface area contributed by atoms with Crippen molar-refractivity contribution in [1.82, 2.24) is 5.32 Å². The summed E-state index contributed by atoms with van der Waals surface area (Å²) in [6.45, 7) is 4.17. The van der Waals surface area contributed by atoms with Crippen LogP contribution < -0.4 is 10.6 Å². The zero-order chi connectivity index (χ0) is 17.1. The minimum atomic E-state index is -0.393. The molecule has 126 valence electrons. The number of nitrogens with one attached hydrogen (secondary N) is 2. The van der Waals surface area contributed by atoms with E-state index in [1.165, 1.54) is 11.8 Å². The molecule has 0 saturated carbocycles. The lowest BCUT2D eigenvalue weighted by Crippen LogP contribution is -2.37. The van der Waals surface area contributed by atoms with Crippen LogP contribution in [0, 0.1) is 5.92 Å². The second-order valence-electron chi connectivity index (χ2n) is 6.10. The molecule has 0 saturated heterocycles. The highest BCUT2D eigenvalue weighted by Crippen LogP contribution is 2.36. The van der Waals surface area contributed by atoms with E-state index in [1.54, 1.807) is 11.3 Å². The van der Waals surface area contributed by atoms with Gasteiger partial charge in [-0.25, -0.2) is 0 Å². The van der Waals surface area contributed by atoms with Crippen LogP contribution in [0.15, 0.2) is 46.7 Å². The summed E-state index contributed by atoms with van der Waals surface area (Å²) in [5.74, 6) is 0.0985. The maximum Gasteiger partial charge on any atom is 0.238 e. The van der Waals surface area contributed by atoms with Gasteiger partial charge in [0.25, 0.3) is 0 Å². The molecule has 0 bridgehead atoms. The number of para-hydroxylation sites is 1. The van der Waals surface area contributed by atoms with Crippen molar-refractivity contribution < 1.29 is 9.59 Å². The summed E-state index contributed by atoms with van der Waals surface area (Å²) in [4.78, 5) is 26.9. The number of carbonyl (C=O) groups is 2. The van der Waals surface area contributed by atoms with Gasteiger partial charge >= 0.3 is 0 Å². The first-order valence-corrected chi connectivity index (χ1v) is 9.70. The number of hydrogen-bond acceptors (Lipinski definition) is 4. The van der Waals surface area contributed by atoms with Crippen molar-refractivity contribution in [3.8, 4) is 0 Å². The predicted octanol–water partition coefficient (Wildman–Crippen LogP) is 4.06. The number of rotatable bonds is 5. The molecule has 6 heteroatoms. The summed E-state index contributed by atoms with van der Waals surface area (Å²) in [6, 6.07) is 11.7. The van der Waals surface area contributed by atoms with Gasteiger partial charge in [0.2, 0.25) is 11.8 Å². The molecule has 1 aliphatic heterocycles. The van der Waals surface area contributed by atoms with E-state index in [1.807, 2.05) is 41.8 Å². The first-order chi connectivity index (χ1) is 11.5. The van der Waals surface area contributed by atoms with E-state index in [0.29, 0.717) is 5.92 Å². The minimum Gasteiger partial charge on any atom is -0.348 e. The van der Waals surface area contributed by atoms with Gasteiger partial charge in [0.05, 0.1) is 17.0 Å². The number of thioether (sulfide) groups is 1. The number of amides is 2. The quantitative estimate of drug-likeness (QED) is 0.845. The molecule has 4 nitrogen and oxygen atoms in total. The number of carbonyl (C=O) groups excluding carboxylic acids is 2. The average molecular weight is 361 g/mol. The lowest BCUT2D eigenvalue weighted by Gasteiger charge is -2.25. The van der Waals surface area contributed by atoms with Gasteiger partial charge in [-0.3, -0.25) is 9.59 Å². The molecule has 24 heavy (non-hydrogen) atoms. The fraction of sp³-hybridized carbons (Fsp3) is 0.333. The Bertz CT molecular complexity index is 728. The van der Waals surface area contributed by atoms with Crippen LogP contribution in [-0.4, -0.2) is 17.1 Å². The van der Waals surface area contributed by atoms with E-state index >= 15 is 0 Å². The van der Waals surface area contributed by atoms with Crippen molar-refractivity contribution in [1.29, 1.82) is 0 Å². The van der Waals surface area contributed by atoms with Gasteiger partial charge < -0.3 is 10.6 Å². The molecule has 2 aromatic rings. The van der Waals surface area contributed by atoms with Gasteiger partial charge in [0.15, 0.2) is 0 Å². The highest BCUT2D eigenvalue weighted by atomic mass is 32.2. The average Bonchev–Trinajstić information content (AvgIpc) is 3.07. The summed E-state index contributed by atoms with van der Waals surface area (Å²) in [7, 11) is 0. The van der Waals surface area contributed by atoms with Crippen LogP contribution in [0.3, 0.4) is 0 Å². The third-order valence-electron chi connectivity index (χ3n) is 3.91. The molecule has 2 amide bonds. The number of benzene rings is 1. The van der Waals surface area contributed by atoms with Crippen LogP contribution in [0.25, 0.3) is 0 Å². The van der Waals surface area contributed by atoms with E-state index in [2.05, 4.69) is 24.5 Å². The van der Waals surface area contributed by atoms with Crippen LogP contribution in [-0.2, 0) is 9.59 Å². The minimum absolute atomic E-state index is 0.0126.